The number of carbonyl (C=O) groups excluding carboxylic acids is 1. The van der Waals surface area contributed by atoms with Gasteiger partial charge in [-0.2, -0.15) is 17.0 Å². The number of carbonyl (C=O) groups is 1. The number of rotatable bonds is 4. The van der Waals surface area contributed by atoms with Crippen LogP contribution in [-0.4, -0.2) is 84.9 Å². The maximum absolute atomic E-state index is 13.2. The molecule has 2 fully saturated rings. The molecule has 1 aromatic carbocycles. The quantitative estimate of drug-likeness (QED) is 0.691. The van der Waals surface area contributed by atoms with Crippen LogP contribution in [0.1, 0.15) is 21.7 Å². The molecule has 0 saturated carbocycles. The van der Waals surface area contributed by atoms with Gasteiger partial charge in [0.1, 0.15) is 0 Å². The van der Waals surface area contributed by atoms with Crippen LogP contribution >= 0.6 is 11.6 Å². The largest absolute Gasteiger partial charge is 0.379 e. The molecule has 4 rings (SSSR count). The minimum Gasteiger partial charge on any atom is -0.379 e. The molecule has 0 spiro atoms. The van der Waals surface area contributed by atoms with Gasteiger partial charge < -0.3 is 14.2 Å². The number of hydrogen-bond acceptors (Lipinski definition) is 4. The number of amides is 1. The highest BCUT2D eigenvalue weighted by molar-refractivity contribution is 7.86. The molecule has 3 heterocycles. The molecule has 0 radical (unpaired) electrons. The van der Waals surface area contributed by atoms with E-state index < -0.39 is 10.2 Å². The van der Waals surface area contributed by atoms with Crippen molar-refractivity contribution in [2.75, 3.05) is 52.5 Å². The molecular formula is C21H27ClN4O4S. The maximum atomic E-state index is 13.2. The van der Waals surface area contributed by atoms with Gasteiger partial charge in [-0.3, -0.25) is 4.79 Å². The van der Waals surface area contributed by atoms with Crippen LogP contribution in [0.4, 0.5) is 0 Å². The van der Waals surface area contributed by atoms with Crippen LogP contribution in [-0.2, 0) is 14.9 Å². The topological polar surface area (TPSA) is 75.1 Å². The lowest BCUT2D eigenvalue weighted by atomic mass is 10.1. The van der Waals surface area contributed by atoms with Gasteiger partial charge in [0.25, 0.3) is 16.1 Å². The number of morpholine rings is 1. The molecule has 1 amide bonds. The van der Waals surface area contributed by atoms with E-state index in [1.165, 1.54) is 8.61 Å². The van der Waals surface area contributed by atoms with E-state index in [4.69, 9.17) is 16.3 Å². The first-order chi connectivity index (χ1) is 14.8. The third-order valence-corrected chi connectivity index (χ3v) is 8.22. The molecule has 168 valence electrons. The van der Waals surface area contributed by atoms with Gasteiger partial charge in [0.2, 0.25) is 0 Å². The summed E-state index contributed by atoms with van der Waals surface area (Å²) in [5.74, 6) is -0.183. The lowest BCUT2D eigenvalue weighted by Crippen LogP contribution is -2.55. The summed E-state index contributed by atoms with van der Waals surface area (Å²) in [6.07, 6.45) is 0. The molecule has 2 aromatic rings. The standard InChI is InChI=1S/C21H27ClN4O4S/c1-16-3-4-17(2)26(16)18-5-6-20(22)19(15-18)21(27)23-7-9-24(10-8-23)31(28,29)25-11-13-30-14-12-25/h3-6,15H,7-14H2,1-2H3. The second-order valence-electron chi connectivity index (χ2n) is 7.83. The summed E-state index contributed by atoms with van der Waals surface area (Å²) < 4.78 is 35.9. The van der Waals surface area contributed by atoms with E-state index in [1.807, 2.05) is 38.1 Å². The Morgan fingerprint density at radius 3 is 2.10 bits per heavy atom. The second-order valence-corrected chi connectivity index (χ2v) is 10.2. The van der Waals surface area contributed by atoms with Gasteiger partial charge in [-0.25, -0.2) is 0 Å². The van der Waals surface area contributed by atoms with Crippen molar-refractivity contribution in [3.8, 4) is 5.69 Å². The first-order valence-corrected chi connectivity index (χ1v) is 12.1. The predicted octanol–water partition coefficient (Wildman–Crippen LogP) is 2.08. The Labute approximate surface area is 188 Å². The van der Waals surface area contributed by atoms with Crippen molar-refractivity contribution in [2.45, 2.75) is 13.8 Å². The number of ether oxygens (including phenoxy) is 1. The van der Waals surface area contributed by atoms with E-state index in [9.17, 15) is 13.2 Å². The van der Waals surface area contributed by atoms with Crippen molar-refractivity contribution in [1.82, 2.24) is 18.1 Å². The molecule has 0 aliphatic carbocycles. The molecular weight excluding hydrogens is 440 g/mol. The molecule has 31 heavy (non-hydrogen) atoms. The number of aryl methyl sites for hydroxylation is 2. The zero-order valence-electron chi connectivity index (χ0n) is 17.8. The average molecular weight is 467 g/mol. The van der Waals surface area contributed by atoms with Crippen molar-refractivity contribution in [3.05, 3.63) is 52.3 Å². The molecule has 2 saturated heterocycles. The van der Waals surface area contributed by atoms with E-state index in [-0.39, 0.29) is 19.0 Å². The number of aromatic nitrogens is 1. The van der Waals surface area contributed by atoms with Crippen LogP contribution in [0.5, 0.6) is 0 Å². The summed E-state index contributed by atoms with van der Waals surface area (Å²) in [5.41, 5.74) is 3.44. The zero-order valence-corrected chi connectivity index (χ0v) is 19.3. The van der Waals surface area contributed by atoms with Crippen LogP contribution in [0.3, 0.4) is 0 Å². The highest BCUT2D eigenvalue weighted by Gasteiger charge is 2.34. The van der Waals surface area contributed by atoms with Gasteiger partial charge in [-0.05, 0) is 44.2 Å². The molecule has 10 heteroatoms. The van der Waals surface area contributed by atoms with Crippen molar-refractivity contribution in [2.24, 2.45) is 0 Å². The fourth-order valence-electron chi connectivity index (χ4n) is 4.12. The zero-order chi connectivity index (χ0) is 22.2. The molecule has 0 bridgehead atoms. The van der Waals surface area contributed by atoms with Gasteiger partial charge in [0, 0.05) is 56.3 Å². The molecule has 2 aliphatic rings. The van der Waals surface area contributed by atoms with Crippen LogP contribution in [0.25, 0.3) is 5.69 Å². The third-order valence-electron chi connectivity index (χ3n) is 5.86. The summed E-state index contributed by atoms with van der Waals surface area (Å²) in [6.45, 7) is 6.74. The summed E-state index contributed by atoms with van der Waals surface area (Å²) in [4.78, 5) is 14.9. The third kappa shape index (κ3) is 4.38. The first-order valence-electron chi connectivity index (χ1n) is 10.4. The molecule has 1 aromatic heterocycles. The number of halogens is 1. The number of piperazine rings is 1. The Hall–Kier alpha value is -1.91. The summed E-state index contributed by atoms with van der Waals surface area (Å²) in [7, 11) is -3.53. The van der Waals surface area contributed by atoms with Gasteiger partial charge >= 0.3 is 0 Å². The normalized spacial score (nSPS) is 19.0. The van der Waals surface area contributed by atoms with Gasteiger partial charge in [0.05, 0.1) is 23.8 Å². The SMILES string of the molecule is Cc1ccc(C)n1-c1ccc(Cl)c(C(=O)N2CCN(S(=O)(=O)N3CCOCC3)CC2)c1. The first kappa shape index (κ1) is 22.3. The minimum atomic E-state index is -3.53. The van der Waals surface area contributed by atoms with Crippen molar-refractivity contribution in [1.29, 1.82) is 0 Å². The number of nitrogens with zero attached hydrogens (tertiary/aromatic N) is 4. The van der Waals surface area contributed by atoms with E-state index in [1.54, 1.807) is 11.0 Å². The predicted molar refractivity (Wildman–Crippen MR) is 119 cm³/mol. The highest BCUT2D eigenvalue weighted by atomic mass is 35.5. The molecule has 0 N–H and O–H groups in total. The molecule has 8 nitrogen and oxygen atoms in total. The van der Waals surface area contributed by atoms with Gasteiger partial charge in [-0.1, -0.05) is 11.6 Å². The van der Waals surface area contributed by atoms with Crippen LogP contribution in [0.15, 0.2) is 30.3 Å². The Bertz CT molecular complexity index is 1050. The monoisotopic (exact) mass is 466 g/mol. The van der Waals surface area contributed by atoms with Crippen LogP contribution < -0.4 is 0 Å². The van der Waals surface area contributed by atoms with Crippen molar-refractivity contribution >= 4 is 27.7 Å². The van der Waals surface area contributed by atoms with E-state index >= 15 is 0 Å². The summed E-state index contributed by atoms with van der Waals surface area (Å²) in [5, 5.41) is 0.389. The van der Waals surface area contributed by atoms with Gasteiger partial charge in [-0.15, -0.1) is 0 Å². The minimum absolute atomic E-state index is 0.183. The highest BCUT2D eigenvalue weighted by Crippen LogP contribution is 2.25. The van der Waals surface area contributed by atoms with Gasteiger partial charge in [0.15, 0.2) is 0 Å². The van der Waals surface area contributed by atoms with Crippen LogP contribution in [0, 0.1) is 13.8 Å². The summed E-state index contributed by atoms with van der Waals surface area (Å²) in [6, 6.07) is 9.49. The Morgan fingerprint density at radius 2 is 1.48 bits per heavy atom. The van der Waals surface area contributed by atoms with E-state index in [2.05, 4.69) is 4.57 Å². The fourth-order valence-corrected chi connectivity index (χ4v) is 5.89. The molecule has 0 atom stereocenters. The number of benzene rings is 1. The van der Waals surface area contributed by atoms with Crippen LogP contribution in [0.2, 0.25) is 5.02 Å². The lowest BCUT2D eigenvalue weighted by Gasteiger charge is -2.37. The second kappa shape index (κ2) is 8.91. The average Bonchev–Trinajstić information content (AvgIpc) is 3.12. The lowest BCUT2D eigenvalue weighted by molar-refractivity contribution is 0.0636. The fraction of sp³-hybridized carbons (Fsp3) is 0.476. The van der Waals surface area contributed by atoms with E-state index in [0.717, 1.165) is 17.1 Å². The molecule has 2 aliphatic heterocycles. The Kier molecular flexibility index (Phi) is 6.41. The smallest absolute Gasteiger partial charge is 0.282 e. The number of hydrogen-bond donors (Lipinski definition) is 0. The van der Waals surface area contributed by atoms with Crippen molar-refractivity contribution in [3.63, 3.8) is 0 Å². The molecule has 0 unspecified atom stereocenters. The Morgan fingerprint density at radius 1 is 0.903 bits per heavy atom. The Balaban J connectivity index is 1.48. The van der Waals surface area contributed by atoms with E-state index in [0.29, 0.717) is 50.0 Å². The maximum Gasteiger partial charge on any atom is 0.282 e. The summed E-state index contributed by atoms with van der Waals surface area (Å²) >= 11 is 6.37. The van der Waals surface area contributed by atoms with Crippen molar-refractivity contribution < 1.29 is 17.9 Å².